The second-order valence-electron chi connectivity index (χ2n) is 8.20. The molecule has 4 N–H and O–H groups in total. The van der Waals surface area contributed by atoms with Crippen molar-refractivity contribution >= 4 is 29.8 Å². The van der Waals surface area contributed by atoms with Crippen molar-refractivity contribution in [2.24, 2.45) is 17.8 Å². The fraction of sp³-hybridized carbons (Fsp3) is 0.688. The minimum absolute atomic E-state index is 0.221. The van der Waals surface area contributed by atoms with E-state index in [1.165, 1.54) is 0 Å². The molecule has 1 heterocycles. The summed E-state index contributed by atoms with van der Waals surface area (Å²) in [7, 11) is 0. The topological polar surface area (TPSA) is 154 Å². The smallest absolute Gasteiger partial charge is 0.451 e. The first-order chi connectivity index (χ1) is 13.7. The average Bonchev–Trinajstić information content (AvgIpc) is 2.99. The molecule has 0 spiro atoms. The van der Waals surface area contributed by atoms with Gasteiger partial charge in [-0.25, -0.2) is 9.59 Å². The zero-order chi connectivity index (χ0) is 22.6. The maximum absolute atomic E-state index is 12.7. The summed E-state index contributed by atoms with van der Waals surface area (Å²) >= 11 is 0.747. The van der Waals surface area contributed by atoms with E-state index in [0.29, 0.717) is 0 Å². The monoisotopic (exact) mass is 452 g/mol. The molecule has 2 aliphatic rings. The van der Waals surface area contributed by atoms with E-state index >= 15 is 0 Å². The largest absolute Gasteiger partial charge is 0.481 e. The van der Waals surface area contributed by atoms with Gasteiger partial charge in [-0.2, -0.15) is 18.2 Å². The number of nitrogens with zero attached hydrogens (tertiary/aromatic N) is 2. The van der Waals surface area contributed by atoms with Crippen LogP contribution in [0.2, 0.25) is 0 Å². The molecule has 14 heteroatoms. The summed E-state index contributed by atoms with van der Waals surface area (Å²) in [5, 5.41) is 25.8. The minimum Gasteiger partial charge on any atom is -0.481 e. The Hall–Kier alpha value is -2.51. The number of alkyl halides is 3. The number of ether oxygens (including phenoxy) is 1. The van der Waals surface area contributed by atoms with Crippen LogP contribution < -0.4 is 5.32 Å². The van der Waals surface area contributed by atoms with Gasteiger partial charge in [0.2, 0.25) is 11.0 Å². The maximum Gasteiger partial charge on any atom is 0.451 e. The van der Waals surface area contributed by atoms with E-state index in [1.807, 2.05) is 0 Å². The van der Waals surface area contributed by atoms with Crippen molar-refractivity contribution in [2.45, 2.75) is 54.9 Å². The Morgan fingerprint density at radius 1 is 1.27 bits per heavy atom. The first kappa shape index (κ1) is 22.2. The van der Waals surface area contributed by atoms with E-state index in [1.54, 1.807) is 25.9 Å². The van der Waals surface area contributed by atoms with Gasteiger partial charge in [-0.15, -0.1) is 5.10 Å². The van der Waals surface area contributed by atoms with Crippen LogP contribution in [0.25, 0.3) is 0 Å². The van der Waals surface area contributed by atoms with Crippen molar-refractivity contribution in [3.8, 4) is 0 Å². The van der Waals surface area contributed by atoms with Crippen LogP contribution in [0.1, 0.15) is 33.0 Å². The number of H-pyrrole nitrogens is 1. The molecule has 0 radical (unpaired) electrons. The number of hydrogen-bond donors (Lipinski definition) is 4. The molecule has 2 fully saturated rings. The van der Waals surface area contributed by atoms with Crippen molar-refractivity contribution in [2.75, 3.05) is 0 Å². The van der Waals surface area contributed by atoms with Crippen molar-refractivity contribution in [3.05, 3.63) is 5.82 Å². The number of fused-ring (bicyclic) bond motifs is 1. The van der Waals surface area contributed by atoms with Crippen LogP contribution in [0.4, 0.5) is 18.0 Å². The highest BCUT2D eigenvalue weighted by molar-refractivity contribution is 7.99. The zero-order valence-electron chi connectivity index (χ0n) is 16.0. The second-order valence-corrected chi connectivity index (χ2v) is 9.40. The molecule has 10 nitrogen and oxygen atoms in total. The Kier molecular flexibility index (Phi) is 5.20. The van der Waals surface area contributed by atoms with Gasteiger partial charge < -0.3 is 20.3 Å². The van der Waals surface area contributed by atoms with Crippen LogP contribution >= 0.6 is 11.8 Å². The van der Waals surface area contributed by atoms with Crippen LogP contribution in [0.15, 0.2) is 5.16 Å². The quantitative estimate of drug-likeness (QED) is 0.525. The summed E-state index contributed by atoms with van der Waals surface area (Å²) in [6.45, 7) is 4.73. The number of rotatable bonds is 5. The molecule has 3 rings (SSSR count). The fourth-order valence-corrected chi connectivity index (χ4v) is 5.28. The van der Waals surface area contributed by atoms with Crippen LogP contribution in [-0.2, 0) is 20.5 Å². The molecule has 5 atom stereocenters. The number of carbonyl (C=O) groups is 3. The van der Waals surface area contributed by atoms with E-state index in [-0.39, 0.29) is 11.6 Å². The number of carboxylic acid groups (broad SMARTS) is 2. The number of alkyl carbamates (subject to hydrolysis) is 1. The lowest BCUT2D eigenvalue weighted by Gasteiger charge is -2.31. The predicted molar refractivity (Wildman–Crippen MR) is 93.5 cm³/mol. The first-order valence-electron chi connectivity index (χ1n) is 8.79. The predicted octanol–water partition coefficient (Wildman–Crippen LogP) is 1.98. The average molecular weight is 452 g/mol. The molecule has 166 valence electrons. The Balaban J connectivity index is 1.85. The van der Waals surface area contributed by atoms with E-state index in [0.717, 1.165) is 11.8 Å². The van der Waals surface area contributed by atoms with E-state index in [9.17, 15) is 37.8 Å². The molecule has 0 aromatic carbocycles. The van der Waals surface area contributed by atoms with Gasteiger partial charge >= 0.3 is 24.2 Å². The second kappa shape index (κ2) is 7.03. The third-order valence-electron chi connectivity index (χ3n) is 4.98. The number of aliphatic carboxylic acids is 2. The molecule has 2 saturated carbocycles. The van der Waals surface area contributed by atoms with E-state index < -0.39 is 64.2 Å². The Bertz CT molecular complexity index is 885. The number of amides is 1. The number of aromatic amines is 1. The van der Waals surface area contributed by atoms with Crippen LogP contribution in [-0.4, -0.2) is 59.8 Å². The lowest BCUT2D eigenvalue weighted by molar-refractivity contribution is -0.147. The SMILES string of the molecule is CC(C)(C)OC(=O)NC1(C(=O)O)CC(Sc2n[nH]c(C(F)(F)F)n2)C2C(C(=O)O)C21. The molecular formula is C16H19F3N4O6S. The van der Waals surface area contributed by atoms with Gasteiger partial charge in [-0.1, -0.05) is 11.8 Å². The molecule has 30 heavy (non-hydrogen) atoms. The lowest BCUT2D eigenvalue weighted by Crippen LogP contribution is -2.57. The summed E-state index contributed by atoms with van der Waals surface area (Å²) < 4.78 is 43.3. The van der Waals surface area contributed by atoms with Crippen LogP contribution in [0, 0.1) is 17.8 Å². The van der Waals surface area contributed by atoms with Gasteiger partial charge in [0.05, 0.1) is 5.92 Å². The number of halogens is 3. The number of nitrogens with one attached hydrogen (secondary N) is 2. The number of aromatic nitrogens is 3. The molecule has 1 aromatic heterocycles. The van der Waals surface area contributed by atoms with Gasteiger partial charge in [0.25, 0.3) is 0 Å². The van der Waals surface area contributed by atoms with Crippen LogP contribution in [0.3, 0.4) is 0 Å². The van der Waals surface area contributed by atoms with Crippen molar-refractivity contribution in [3.63, 3.8) is 0 Å². The highest BCUT2D eigenvalue weighted by atomic mass is 32.2. The number of carboxylic acids is 2. The molecule has 1 amide bonds. The number of hydrogen-bond acceptors (Lipinski definition) is 7. The van der Waals surface area contributed by atoms with Gasteiger partial charge in [0.15, 0.2) is 0 Å². The Morgan fingerprint density at radius 3 is 2.37 bits per heavy atom. The van der Waals surface area contributed by atoms with Crippen molar-refractivity contribution < 1.29 is 42.5 Å². The van der Waals surface area contributed by atoms with E-state index in [4.69, 9.17) is 4.74 Å². The maximum atomic E-state index is 12.7. The highest BCUT2D eigenvalue weighted by Crippen LogP contribution is 2.66. The summed E-state index contributed by atoms with van der Waals surface area (Å²) in [5.41, 5.74) is -2.85. The molecule has 0 saturated heterocycles. The third kappa shape index (κ3) is 4.04. The summed E-state index contributed by atoms with van der Waals surface area (Å²) in [6, 6.07) is 0. The van der Waals surface area contributed by atoms with Crippen LogP contribution in [0.5, 0.6) is 0 Å². The minimum atomic E-state index is -4.74. The summed E-state index contributed by atoms with van der Waals surface area (Å²) in [4.78, 5) is 39.3. The summed E-state index contributed by atoms with van der Waals surface area (Å²) in [6.07, 6.45) is -5.99. The first-order valence-corrected chi connectivity index (χ1v) is 9.67. The lowest BCUT2D eigenvalue weighted by atomic mass is 9.90. The molecular weight excluding hydrogens is 433 g/mol. The molecule has 5 unspecified atom stereocenters. The molecule has 0 bridgehead atoms. The molecule has 1 aromatic rings. The van der Waals surface area contributed by atoms with E-state index in [2.05, 4.69) is 15.4 Å². The third-order valence-corrected chi connectivity index (χ3v) is 6.15. The summed E-state index contributed by atoms with van der Waals surface area (Å²) in [5.74, 6) is -6.73. The Labute approximate surface area is 172 Å². The van der Waals surface area contributed by atoms with Crippen molar-refractivity contribution in [1.82, 2.24) is 20.5 Å². The number of carbonyl (C=O) groups excluding carboxylic acids is 1. The van der Waals surface area contributed by atoms with Gasteiger partial charge in [-0.05, 0) is 33.1 Å². The number of thioether (sulfide) groups is 1. The molecule has 0 aliphatic heterocycles. The highest BCUT2D eigenvalue weighted by Gasteiger charge is 2.76. The molecule has 2 aliphatic carbocycles. The zero-order valence-corrected chi connectivity index (χ0v) is 16.8. The Morgan fingerprint density at radius 2 is 1.90 bits per heavy atom. The standard InChI is InChI=1S/C16H19F3N4O6S/c1-14(2,3)29-13(28)21-15(11(26)27)4-5(6-7(8(6)15)9(24)25)30-12-20-10(22-23-12)16(17,18)19/h5-8H,4H2,1-3H3,(H,21,28)(H,24,25)(H,26,27)(H,20,22,23). The van der Waals surface area contributed by atoms with Gasteiger partial charge in [-0.3, -0.25) is 9.89 Å². The fourth-order valence-electron chi connectivity index (χ4n) is 3.92. The normalized spacial score (nSPS) is 30.5. The van der Waals surface area contributed by atoms with Gasteiger partial charge in [0.1, 0.15) is 11.1 Å². The van der Waals surface area contributed by atoms with Crippen molar-refractivity contribution in [1.29, 1.82) is 0 Å². The van der Waals surface area contributed by atoms with Gasteiger partial charge in [0, 0.05) is 11.2 Å².